The molecule has 27 heavy (non-hydrogen) atoms. The fourth-order valence-electron chi connectivity index (χ4n) is 2.85. The van der Waals surface area contributed by atoms with E-state index in [1.165, 1.54) is 18.3 Å². The number of ether oxygens (including phenoxy) is 1. The smallest absolute Gasteiger partial charge is 0.286 e. The highest BCUT2D eigenvalue weighted by atomic mass is 79.9. The Morgan fingerprint density at radius 2 is 2.07 bits per heavy atom. The third-order valence-electron chi connectivity index (χ3n) is 4.63. The van der Waals surface area contributed by atoms with Crippen LogP contribution in [0.2, 0.25) is 0 Å². The van der Waals surface area contributed by atoms with E-state index in [-0.39, 0.29) is 36.3 Å². The highest BCUT2D eigenvalue weighted by Crippen LogP contribution is 2.29. The predicted molar refractivity (Wildman–Crippen MR) is 101 cm³/mol. The SMILES string of the molecule is CCn1cc(C(=O)COCC2CC2)c(Cc2ccc(Br)cc2F)c(F)c1=O. The van der Waals surface area contributed by atoms with Crippen molar-refractivity contribution in [2.75, 3.05) is 13.2 Å². The fraction of sp³-hybridized carbons (Fsp3) is 0.400. The Hall–Kier alpha value is -1.86. The van der Waals surface area contributed by atoms with Crippen LogP contribution in [-0.2, 0) is 17.7 Å². The average molecular weight is 440 g/mol. The molecule has 1 aromatic heterocycles. The van der Waals surface area contributed by atoms with Crippen LogP contribution in [0.1, 0.15) is 41.3 Å². The van der Waals surface area contributed by atoms with Crippen LogP contribution in [0, 0.1) is 17.6 Å². The largest absolute Gasteiger partial charge is 0.373 e. The maximum atomic E-state index is 14.8. The fourth-order valence-corrected chi connectivity index (χ4v) is 3.18. The summed E-state index contributed by atoms with van der Waals surface area (Å²) in [5.41, 5.74) is -0.642. The Balaban J connectivity index is 1.95. The lowest BCUT2D eigenvalue weighted by Gasteiger charge is -2.14. The molecule has 0 N–H and O–H groups in total. The first-order valence-corrected chi connectivity index (χ1v) is 9.66. The third kappa shape index (κ3) is 4.71. The summed E-state index contributed by atoms with van der Waals surface area (Å²) >= 11 is 3.17. The van der Waals surface area contributed by atoms with Crippen LogP contribution < -0.4 is 5.56 Å². The van der Waals surface area contributed by atoms with Crippen molar-refractivity contribution in [3.63, 3.8) is 0 Å². The molecule has 1 aromatic carbocycles. The molecule has 1 aliphatic rings. The molecule has 1 saturated carbocycles. The van der Waals surface area contributed by atoms with Crippen molar-refractivity contribution in [1.82, 2.24) is 4.57 Å². The topological polar surface area (TPSA) is 48.3 Å². The number of ketones is 1. The minimum Gasteiger partial charge on any atom is -0.373 e. The number of halogens is 3. The zero-order valence-electron chi connectivity index (χ0n) is 14.9. The van der Waals surface area contributed by atoms with Gasteiger partial charge in [0, 0.05) is 34.8 Å². The molecular weight excluding hydrogens is 420 g/mol. The van der Waals surface area contributed by atoms with E-state index in [1.54, 1.807) is 13.0 Å². The van der Waals surface area contributed by atoms with Crippen molar-refractivity contribution in [3.05, 3.63) is 67.5 Å². The summed E-state index contributed by atoms with van der Waals surface area (Å²) in [5, 5.41) is 0. The summed E-state index contributed by atoms with van der Waals surface area (Å²) in [6, 6.07) is 4.40. The monoisotopic (exact) mass is 439 g/mol. The van der Waals surface area contributed by atoms with E-state index in [1.807, 2.05) is 0 Å². The van der Waals surface area contributed by atoms with E-state index >= 15 is 0 Å². The lowest BCUT2D eigenvalue weighted by Crippen LogP contribution is -2.27. The van der Waals surface area contributed by atoms with Crippen molar-refractivity contribution < 1.29 is 18.3 Å². The van der Waals surface area contributed by atoms with E-state index in [2.05, 4.69) is 15.9 Å². The first kappa shape index (κ1) is 19.9. The highest BCUT2D eigenvalue weighted by molar-refractivity contribution is 9.10. The minimum absolute atomic E-state index is 0.0621. The molecule has 1 fully saturated rings. The van der Waals surface area contributed by atoms with E-state index in [0.29, 0.717) is 17.0 Å². The van der Waals surface area contributed by atoms with Crippen LogP contribution in [0.15, 0.2) is 33.7 Å². The van der Waals surface area contributed by atoms with Crippen LogP contribution in [-0.4, -0.2) is 23.6 Å². The van der Waals surface area contributed by atoms with Crippen molar-refractivity contribution >= 4 is 21.7 Å². The van der Waals surface area contributed by atoms with Gasteiger partial charge in [0.1, 0.15) is 12.4 Å². The summed E-state index contributed by atoms with van der Waals surface area (Å²) < 4.78 is 36.1. The number of nitrogens with zero attached hydrogens (tertiary/aromatic N) is 1. The van der Waals surface area contributed by atoms with Gasteiger partial charge in [0.15, 0.2) is 11.6 Å². The molecule has 144 valence electrons. The number of Topliss-reactive ketones (excluding diaryl/α,β-unsaturated/α-hetero) is 1. The lowest BCUT2D eigenvalue weighted by atomic mass is 9.98. The zero-order valence-corrected chi connectivity index (χ0v) is 16.5. The second kappa shape index (κ2) is 8.44. The second-order valence-corrected chi connectivity index (χ2v) is 7.64. The van der Waals surface area contributed by atoms with Gasteiger partial charge in [-0.3, -0.25) is 9.59 Å². The molecular formula is C20H20BrF2NO3. The van der Waals surface area contributed by atoms with Crippen molar-refractivity contribution in [3.8, 4) is 0 Å². The number of aryl methyl sites for hydroxylation is 1. The molecule has 0 bridgehead atoms. The maximum Gasteiger partial charge on any atom is 0.286 e. The highest BCUT2D eigenvalue weighted by Gasteiger charge is 2.24. The Morgan fingerprint density at radius 1 is 1.33 bits per heavy atom. The molecule has 1 heterocycles. The van der Waals surface area contributed by atoms with Crippen LogP contribution in [0.4, 0.5) is 8.78 Å². The van der Waals surface area contributed by atoms with Gasteiger partial charge in [-0.1, -0.05) is 22.0 Å². The van der Waals surface area contributed by atoms with Crippen molar-refractivity contribution in [2.24, 2.45) is 5.92 Å². The number of carbonyl (C=O) groups is 1. The van der Waals surface area contributed by atoms with Crippen LogP contribution in [0.25, 0.3) is 0 Å². The predicted octanol–water partition coefficient (Wildman–Crippen LogP) is 4.11. The number of hydrogen-bond acceptors (Lipinski definition) is 3. The summed E-state index contributed by atoms with van der Waals surface area (Å²) in [4.78, 5) is 24.8. The maximum absolute atomic E-state index is 14.8. The molecule has 7 heteroatoms. The summed E-state index contributed by atoms with van der Waals surface area (Å²) in [7, 11) is 0. The van der Waals surface area contributed by atoms with Gasteiger partial charge in [0.05, 0.1) is 6.61 Å². The minimum atomic E-state index is -1.02. The molecule has 0 spiro atoms. The number of hydrogen-bond donors (Lipinski definition) is 0. The molecule has 3 rings (SSSR count). The molecule has 2 aromatic rings. The van der Waals surface area contributed by atoms with E-state index in [0.717, 1.165) is 17.4 Å². The standard InChI is InChI=1S/C20H20BrF2NO3/c1-2-24-9-16(18(25)11-27-10-12-3-4-12)15(19(23)20(24)26)7-13-5-6-14(21)8-17(13)22/h5-6,8-9,12H,2-4,7,10-11H2,1H3. The Kier molecular flexibility index (Phi) is 6.22. The van der Waals surface area contributed by atoms with Gasteiger partial charge in [-0.2, -0.15) is 0 Å². The Bertz CT molecular complexity index is 922. The van der Waals surface area contributed by atoms with Gasteiger partial charge >= 0.3 is 0 Å². The first-order chi connectivity index (χ1) is 12.9. The van der Waals surface area contributed by atoms with E-state index in [9.17, 15) is 18.4 Å². The van der Waals surface area contributed by atoms with Gasteiger partial charge in [0.25, 0.3) is 5.56 Å². The number of aromatic nitrogens is 1. The van der Waals surface area contributed by atoms with Gasteiger partial charge < -0.3 is 9.30 Å². The number of benzene rings is 1. The van der Waals surface area contributed by atoms with Gasteiger partial charge in [0.2, 0.25) is 0 Å². The zero-order chi connectivity index (χ0) is 19.6. The molecule has 0 saturated heterocycles. The van der Waals surface area contributed by atoms with Gasteiger partial charge in [-0.15, -0.1) is 0 Å². The number of pyridine rings is 1. The first-order valence-electron chi connectivity index (χ1n) is 8.87. The lowest BCUT2D eigenvalue weighted by molar-refractivity contribution is 0.0737. The quantitative estimate of drug-likeness (QED) is 0.581. The molecule has 0 atom stereocenters. The third-order valence-corrected chi connectivity index (χ3v) is 5.12. The molecule has 0 aliphatic heterocycles. The second-order valence-electron chi connectivity index (χ2n) is 6.72. The van der Waals surface area contributed by atoms with Crippen molar-refractivity contribution in [2.45, 2.75) is 32.7 Å². The Morgan fingerprint density at radius 3 is 2.70 bits per heavy atom. The van der Waals surface area contributed by atoms with Crippen molar-refractivity contribution in [1.29, 1.82) is 0 Å². The summed E-state index contributed by atoms with van der Waals surface area (Å²) in [6.45, 7) is 2.23. The van der Waals surface area contributed by atoms with Gasteiger partial charge in [-0.25, -0.2) is 8.78 Å². The summed E-state index contributed by atoms with van der Waals surface area (Å²) in [5.74, 6) is -1.47. The molecule has 4 nitrogen and oxygen atoms in total. The molecule has 1 aliphatic carbocycles. The van der Waals surface area contributed by atoms with E-state index < -0.39 is 23.0 Å². The van der Waals surface area contributed by atoms with E-state index in [4.69, 9.17) is 4.74 Å². The molecule has 0 radical (unpaired) electrons. The average Bonchev–Trinajstić information content (AvgIpc) is 3.45. The summed E-state index contributed by atoms with van der Waals surface area (Å²) in [6.07, 6.45) is 3.35. The number of rotatable bonds is 8. The van der Waals surface area contributed by atoms with Crippen LogP contribution >= 0.6 is 15.9 Å². The normalized spacial score (nSPS) is 13.8. The Labute approximate surface area is 164 Å². The van der Waals surface area contributed by atoms with Crippen LogP contribution in [0.3, 0.4) is 0 Å². The van der Waals surface area contributed by atoms with Crippen LogP contribution in [0.5, 0.6) is 0 Å². The molecule has 0 amide bonds. The van der Waals surface area contributed by atoms with Gasteiger partial charge in [-0.05, 0) is 43.4 Å². The molecule has 0 unspecified atom stereocenters. The number of carbonyl (C=O) groups excluding carboxylic acids is 1.